The minimum atomic E-state index is -1.59. The average Bonchev–Trinajstić information content (AvgIpc) is 3.01. The first-order valence-electron chi connectivity index (χ1n) is 7.31. The van der Waals surface area contributed by atoms with Crippen LogP contribution in [0.15, 0.2) is 29.3 Å². The van der Waals surface area contributed by atoms with Gasteiger partial charge in [-0.15, -0.1) is 0 Å². The molecular weight excluding hydrogens is 328 g/mol. The summed E-state index contributed by atoms with van der Waals surface area (Å²) >= 11 is 0. The summed E-state index contributed by atoms with van der Waals surface area (Å²) < 4.78 is 0. The van der Waals surface area contributed by atoms with Gasteiger partial charge in [-0.3, -0.25) is 14.4 Å². The normalized spacial score (nSPS) is 17.0. The maximum absolute atomic E-state index is 12.2. The van der Waals surface area contributed by atoms with E-state index in [0.29, 0.717) is 11.4 Å². The number of aryl methyl sites for hydroxylation is 1. The maximum Gasteiger partial charge on any atom is 0.269 e. The van der Waals surface area contributed by atoms with E-state index in [1.165, 1.54) is 0 Å². The highest BCUT2D eigenvalue weighted by molar-refractivity contribution is 6.27. The van der Waals surface area contributed by atoms with E-state index < -0.39 is 30.2 Å². The van der Waals surface area contributed by atoms with E-state index >= 15 is 0 Å². The minimum Gasteiger partial charge on any atom is -0.388 e. The molecule has 25 heavy (non-hydrogen) atoms. The molecule has 10 nitrogen and oxygen atoms in total. The summed E-state index contributed by atoms with van der Waals surface area (Å²) in [5.74, 6) is -4.30. The zero-order valence-corrected chi connectivity index (χ0v) is 13.1. The number of aromatic amines is 1. The molecule has 1 aromatic carbocycles. The summed E-state index contributed by atoms with van der Waals surface area (Å²) in [7, 11) is 0. The Bertz CT molecular complexity index is 870. The number of nitrogens with one attached hydrogen (secondary N) is 3. The molecule has 128 valence electrons. The van der Waals surface area contributed by atoms with E-state index in [1.807, 2.05) is 6.92 Å². The Hall–Kier alpha value is -3.40. The van der Waals surface area contributed by atoms with E-state index in [9.17, 15) is 14.4 Å². The number of carbonyl (C=O) groups is 3. The Balaban J connectivity index is 1.73. The molecule has 0 saturated heterocycles. The molecule has 0 radical (unpaired) electrons. The fourth-order valence-corrected chi connectivity index (χ4v) is 2.34. The highest BCUT2D eigenvalue weighted by Gasteiger charge is 2.37. The number of nitrogens with zero attached hydrogens (tertiary/aromatic N) is 3. The number of carbonyl (C=O) groups excluding carboxylic acids is 3. The van der Waals surface area contributed by atoms with Crippen molar-refractivity contribution < 1.29 is 19.5 Å². The highest BCUT2D eigenvalue weighted by Crippen LogP contribution is 2.21. The lowest BCUT2D eigenvalue weighted by atomic mass is 10.0. The van der Waals surface area contributed by atoms with Gasteiger partial charge in [-0.05, 0) is 19.1 Å². The Kier molecular flexibility index (Phi) is 4.35. The van der Waals surface area contributed by atoms with Crippen molar-refractivity contribution in [2.24, 2.45) is 10.9 Å². The van der Waals surface area contributed by atoms with Crippen molar-refractivity contribution in [2.45, 2.75) is 6.92 Å². The van der Waals surface area contributed by atoms with E-state index in [2.05, 4.69) is 31.0 Å². The predicted octanol–water partition coefficient (Wildman–Crippen LogP) is -0.618. The van der Waals surface area contributed by atoms with Crippen LogP contribution in [-0.2, 0) is 14.4 Å². The van der Waals surface area contributed by atoms with Gasteiger partial charge in [0.25, 0.3) is 5.91 Å². The molecule has 2 aromatic rings. The number of benzene rings is 1. The largest absolute Gasteiger partial charge is 0.388 e. The van der Waals surface area contributed by atoms with Gasteiger partial charge in [0.1, 0.15) is 18.1 Å². The third-order valence-corrected chi connectivity index (χ3v) is 3.58. The van der Waals surface area contributed by atoms with Gasteiger partial charge >= 0.3 is 0 Å². The first-order chi connectivity index (χ1) is 12.0. The van der Waals surface area contributed by atoms with Gasteiger partial charge in [0.2, 0.25) is 11.8 Å². The molecule has 0 bridgehead atoms. The van der Waals surface area contributed by atoms with Crippen molar-refractivity contribution >= 4 is 29.2 Å². The molecule has 1 atom stereocenters. The average molecular weight is 342 g/mol. The lowest BCUT2D eigenvalue weighted by molar-refractivity contribution is -0.139. The molecule has 0 fully saturated rings. The molecule has 3 amide bonds. The van der Waals surface area contributed by atoms with Crippen LogP contribution in [0.5, 0.6) is 0 Å². The number of hydrogen-bond acceptors (Lipinski definition) is 6. The predicted molar refractivity (Wildman–Crippen MR) is 86.3 cm³/mol. The SMILES string of the molecule is Cc1n[nH]nc1-c1ccc(NC(=O)C2C(=O)N=C(CO)NC2=O)cc1. The summed E-state index contributed by atoms with van der Waals surface area (Å²) in [5.41, 5.74) is 2.63. The highest BCUT2D eigenvalue weighted by atomic mass is 16.3. The molecule has 1 unspecified atom stereocenters. The molecule has 4 N–H and O–H groups in total. The van der Waals surface area contributed by atoms with Gasteiger partial charge in [-0.25, -0.2) is 0 Å². The summed E-state index contributed by atoms with van der Waals surface area (Å²) in [4.78, 5) is 39.3. The number of aliphatic hydroxyl groups excluding tert-OH is 1. The zero-order chi connectivity index (χ0) is 18.0. The summed E-state index contributed by atoms with van der Waals surface area (Å²) in [6, 6.07) is 6.69. The Morgan fingerprint density at radius 3 is 2.52 bits per heavy atom. The number of amides is 3. The second kappa shape index (κ2) is 6.61. The molecule has 0 aliphatic carbocycles. The van der Waals surface area contributed by atoms with Crippen LogP contribution in [0.4, 0.5) is 5.69 Å². The lowest BCUT2D eigenvalue weighted by Crippen LogP contribution is -2.49. The zero-order valence-electron chi connectivity index (χ0n) is 13.1. The van der Waals surface area contributed by atoms with E-state index in [-0.39, 0.29) is 5.84 Å². The fourth-order valence-electron chi connectivity index (χ4n) is 2.34. The molecule has 0 spiro atoms. The summed E-state index contributed by atoms with van der Waals surface area (Å²) in [6.07, 6.45) is 0. The van der Waals surface area contributed by atoms with Gasteiger partial charge in [-0.1, -0.05) is 12.1 Å². The van der Waals surface area contributed by atoms with Gasteiger partial charge in [0.05, 0.1) is 5.69 Å². The molecule has 0 saturated carbocycles. The van der Waals surface area contributed by atoms with Gasteiger partial charge in [-0.2, -0.15) is 20.4 Å². The van der Waals surface area contributed by atoms with Crippen LogP contribution < -0.4 is 10.6 Å². The fraction of sp³-hybridized carbons (Fsp3) is 0.200. The van der Waals surface area contributed by atoms with Gasteiger partial charge < -0.3 is 15.7 Å². The van der Waals surface area contributed by atoms with Crippen LogP contribution in [-0.4, -0.2) is 50.7 Å². The van der Waals surface area contributed by atoms with E-state index in [1.54, 1.807) is 24.3 Å². The number of hydrogen-bond donors (Lipinski definition) is 4. The molecule has 1 aliphatic heterocycles. The van der Waals surface area contributed by atoms with E-state index in [0.717, 1.165) is 11.3 Å². The Morgan fingerprint density at radius 1 is 1.24 bits per heavy atom. The number of aliphatic hydroxyl groups is 1. The number of H-pyrrole nitrogens is 1. The quantitative estimate of drug-likeness (QED) is 0.544. The third kappa shape index (κ3) is 3.28. The molecule has 1 aliphatic rings. The number of anilines is 1. The minimum absolute atomic E-state index is 0.175. The smallest absolute Gasteiger partial charge is 0.269 e. The summed E-state index contributed by atoms with van der Waals surface area (Å²) in [5, 5.41) is 24.1. The van der Waals surface area contributed by atoms with Crippen LogP contribution in [0.25, 0.3) is 11.3 Å². The monoisotopic (exact) mass is 342 g/mol. The molecule has 10 heteroatoms. The maximum atomic E-state index is 12.2. The number of aromatic nitrogens is 3. The van der Waals surface area contributed by atoms with Crippen LogP contribution >= 0.6 is 0 Å². The number of aliphatic imine (C=N–C) groups is 1. The number of amidine groups is 1. The van der Waals surface area contributed by atoms with Crippen molar-refractivity contribution in [1.29, 1.82) is 0 Å². The topological polar surface area (TPSA) is 149 Å². The number of rotatable bonds is 4. The third-order valence-electron chi connectivity index (χ3n) is 3.58. The molecular formula is C15H14N6O4. The lowest BCUT2D eigenvalue weighted by Gasteiger charge is -2.18. The van der Waals surface area contributed by atoms with Crippen molar-refractivity contribution in [3.63, 3.8) is 0 Å². The second-order valence-corrected chi connectivity index (χ2v) is 5.30. The molecule has 3 rings (SSSR count). The van der Waals surface area contributed by atoms with Crippen LogP contribution in [0.3, 0.4) is 0 Å². The second-order valence-electron chi connectivity index (χ2n) is 5.30. The van der Waals surface area contributed by atoms with Crippen molar-refractivity contribution in [3.8, 4) is 11.3 Å². The molecule has 1 aromatic heterocycles. The summed E-state index contributed by atoms with van der Waals surface area (Å²) in [6.45, 7) is 1.22. The first kappa shape index (κ1) is 16.5. The van der Waals surface area contributed by atoms with Crippen LogP contribution in [0.2, 0.25) is 0 Å². The standard InChI is InChI=1S/C15H14N6O4/c1-7-12(20-21-19-7)8-2-4-9(5-3-8)16-13(23)11-14(24)17-10(6-22)18-15(11)25/h2-5,11,22H,6H2,1H3,(H,16,23)(H,19,20,21)(H,17,18,24,25). The van der Waals surface area contributed by atoms with Crippen molar-refractivity contribution in [1.82, 2.24) is 20.7 Å². The molecule has 2 heterocycles. The van der Waals surface area contributed by atoms with Gasteiger partial charge in [0, 0.05) is 11.3 Å². The first-order valence-corrected chi connectivity index (χ1v) is 7.31. The van der Waals surface area contributed by atoms with Crippen LogP contribution in [0.1, 0.15) is 5.69 Å². The van der Waals surface area contributed by atoms with Crippen molar-refractivity contribution in [2.75, 3.05) is 11.9 Å². The van der Waals surface area contributed by atoms with E-state index in [4.69, 9.17) is 5.11 Å². The van der Waals surface area contributed by atoms with Gasteiger partial charge in [0.15, 0.2) is 5.92 Å². The Labute approximate surface area is 141 Å². The van der Waals surface area contributed by atoms with Crippen LogP contribution in [0, 0.1) is 12.8 Å². The Morgan fingerprint density at radius 2 is 1.96 bits per heavy atom. The van der Waals surface area contributed by atoms with Crippen molar-refractivity contribution in [3.05, 3.63) is 30.0 Å².